The lowest BCUT2D eigenvalue weighted by Crippen LogP contribution is -2.47. The predicted octanol–water partition coefficient (Wildman–Crippen LogP) is 3.05. The minimum Gasteiger partial charge on any atom is -0.464 e. The van der Waals surface area contributed by atoms with Gasteiger partial charge in [-0.3, -0.25) is 14.3 Å². The van der Waals surface area contributed by atoms with E-state index in [1.54, 1.807) is 30.1 Å². The quantitative estimate of drug-likeness (QED) is 0.569. The molecule has 152 valence electrons. The second-order valence-electron chi connectivity index (χ2n) is 7.72. The molecule has 7 nitrogen and oxygen atoms in total. The van der Waals surface area contributed by atoms with Crippen LogP contribution in [0.15, 0.2) is 64.3 Å². The molecular formula is C23H23N5O2. The average Bonchev–Trinajstić information content (AvgIpc) is 3.19. The number of nitrogens with zero attached hydrogens (tertiary/aromatic N) is 4. The number of furan rings is 1. The fraction of sp³-hybridized carbons (Fsp3) is 0.261. The zero-order valence-electron chi connectivity index (χ0n) is 17.0. The monoisotopic (exact) mass is 401 g/mol. The lowest BCUT2D eigenvalue weighted by atomic mass is 10.0. The minimum atomic E-state index is -0.0775. The Kier molecular flexibility index (Phi) is 4.59. The number of rotatable bonds is 3. The summed E-state index contributed by atoms with van der Waals surface area (Å²) in [5, 5.41) is 4.71. The van der Waals surface area contributed by atoms with Crippen molar-refractivity contribution >= 4 is 16.9 Å². The van der Waals surface area contributed by atoms with Gasteiger partial charge in [-0.15, -0.1) is 0 Å². The van der Waals surface area contributed by atoms with Gasteiger partial charge in [0.25, 0.3) is 5.56 Å². The molecule has 1 saturated heterocycles. The number of hydrogen-bond donors (Lipinski definition) is 1. The third-order valence-corrected chi connectivity index (χ3v) is 5.68. The van der Waals surface area contributed by atoms with E-state index in [4.69, 9.17) is 9.40 Å². The molecule has 0 saturated carbocycles. The Morgan fingerprint density at radius 2 is 2.00 bits per heavy atom. The van der Waals surface area contributed by atoms with E-state index in [9.17, 15) is 4.79 Å². The Morgan fingerprint density at radius 1 is 1.17 bits per heavy atom. The molecule has 1 aliphatic rings. The van der Waals surface area contributed by atoms with Crippen LogP contribution in [-0.2, 0) is 7.05 Å². The fourth-order valence-corrected chi connectivity index (χ4v) is 4.05. The summed E-state index contributed by atoms with van der Waals surface area (Å²) in [6, 6.07) is 11.6. The van der Waals surface area contributed by atoms with E-state index in [2.05, 4.69) is 34.3 Å². The summed E-state index contributed by atoms with van der Waals surface area (Å²) >= 11 is 0. The Morgan fingerprint density at radius 3 is 2.83 bits per heavy atom. The lowest BCUT2D eigenvalue weighted by Gasteiger charge is -2.35. The first-order valence-corrected chi connectivity index (χ1v) is 10.0. The molecule has 1 unspecified atom stereocenters. The number of anilines is 1. The predicted molar refractivity (Wildman–Crippen MR) is 117 cm³/mol. The van der Waals surface area contributed by atoms with Crippen molar-refractivity contribution in [3.05, 3.63) is 76.5 Å². The molecule has 0 bridgehead atoms. The summed E-state index contributed by atoms with van der Waals surface area (Å²) in [5.41, 5.74) is 4.69. The van der Waals surface area contributed by atoms with Crippen molar-refractivity contribution in [3.63, 3.8) is 0 Å². The number of aromatic nitrogens is 3. The number of nitrogens with one attached hydrogen (secondary N) is 1. The van der Waals surface area contributed by atoms with E-state index in [-0.39, 0.29) is 11.6 Å². The number of aryl methyl sites for hydroxylation is 1. The van der Waals surface area contributed by atoms with Crippen molar-refractivity contribution in [2.24, 2.45) is 7.05 Å². The molecule has 30 heavy (non-hydrogen) atoms. The van der Waals surface area contributed by atoms with Crippen LogP contribution < -0.4 is 15.8 Å². The molecule has 7 heteroatoms. The molecular weight excluding hydrogens is 378 g/mol. The highest BCUT2D eigenvalue weighted by Gasteiger charge is 2.26. The van der Waals surface area contributed by atoms with Gasteiger partial charge in [0, 0.05) is 61.7 Å². The van der Waals surface area contributed by atoms with Gasteiger partial charge in [-0.1, -0.05) is 11.6 Å². The zero-order valence-corrected chi connectivity index (χ0v) is 17.0. The maximum absolute atomic E-state index is 12.6. The first-order valence-electron chi connectivity index (χ1n) is 10.0. The van der Waals surface area contributed by atoms with Crippen LogP contribution in [0.2, 0.25) is 0 Å². The normalized spacial score (nSPS) is 16.9. The van der Waals surface area contributed by atoms with Gasteiger partial charge < -0.3 is 14.6 Å². The first-order chi connectivity index (χ1) is 14.6. The Balaban J connectivity index is 1.51. The van der Waals surface area contributed by atoms with Gasteiger partial charge in [0.05, 0.1) is 18.0 Å². The molecule has 0 radical (unpaired) electrons. The maximum atomic E-state index is 12.6. The summed E-state index contributed by atoms with van der Waals surface area (Å²) in [6.07, 6.45) is 5.26. The third kappa shape index (κ3) is 3.27. The topological polar surface area (TPSA) is 76.2 Å². The van der Waals surface area contributed by atoms with Crippen LogP contribution in [-0.4, -0.2) is 34.2 Å². The molecule has 1 aliphatic heterocycles. The van der Waals surface area contributed by atoms with Crippen molar-refractivity contribution in [2.45, 2.75) is 13.0 Å². The minimum absolute atomic E-state index is 0.0775. The highest BCUT2D eigenvalue weighted by Crippen LogP contribution is 2.30. The molecule has 1 aromatic carbocycles. The molecule has 1 fully saturated rings. The van der Waals surface area contributed by atoms with Crippen LogP contribution in [0.25, 0.3) is 22.2 Å². The average molecular weight is 401 g/mol. The largest absolute Gasteiger partial charge is 0.464 e. The summed E-state index contributed by atoms with van der Waals surface area (Å²) in [6.45, 7) is 4.34. The van der Waals surface area contributed by atoms with Crippen molar-refractivity contribution in [3.8, 4) is 11.3 Å². The van der Waals surface area contributed by atoms with Crippen LogP contribution >= 0.6 is 0 Å². The number of pyridine rings is 1. The molecule has 0 spiro atoms. The summed E-state index contributed by atoms with van der Waals surface area (Å²) in [4.78, 5) is 23.7. The second-order valence-corrected chi connectivity index (χ2v) is 7.72. The smallest absolute Gasteiger partial charge is 0.255 e. The van der Waals surface area contributed by atoms with Gasteiger partial charge in [-0.25, -0.2) is 4.98 Å². The number of benzene rings is 1. The van der Waals surface area contributed by atoms with E-state index in [1.165, 1.54) is 5.56 Å². The Labute approximate surface area is 174 Å². The number of fused-ring (bicyclic) bond motifs is 1. The van der Waals surface area contributed by atoms with Crippen molar-refractivity contribution in [2.75, 3.05) is 24.5 Å². The van der Waals surface area contributed by atoms with E-state index in [1.807, 2.05) is 24.5 Å². The van der Waals surface area contributed by atoms with Gasteiger partial charge in [-0.05, 0) is 31.2 Å². The maximum Gasteiger partial charge on any atom is 0.255 e. The fourth-order valence-electron chi connectivity index (χ4n) is 4.05. The summed E-state index contributed by atoms with van der Waals surface area (Å²) in [7, 11) is 1.77. The van der Waals surface area contributed by atoms with E-state index in [0.29, 0.717) is 18.2 Å². The van der Waals surface area contributed by atoms with Gasteiger partial charge in [0.15, 0.2) is 0 Å². The van der Waals surface area contributed by atoms with Crippen molar-refractivity contribution in [1.82, 2.24) is 19.9 Å². The molecule has 1 atom stereocenters. The zero-order chi connectivity index (χ0) is 20.7. The van der Waals surface area contributed by atoms with Crippen LogP contribution in [0.5, 0.6) is 0 Å². The third-order valence-electron chi connectivity index (χ3n) is 5.68. The SMILES string of the molecule is Cc1ccc2occ(C3CN(c4nc(-c5ccncc5)cc(=O)n4C)CCN3)c2c1. The molecule has 0 amide bonds. The summed E-state index contributed by atoms with van der Waals surface area (Å²) < 4.78 is 7.40. The molecule has 5 rings (SSSR count). The standard InChI is InChI=1S/C23H23N5O2/c1-15-3-4-21-17(11-15)18(14-30-21)20-13-28(10-9-25-20)23-26-19(12-22(29)27(23)2)16-5-7-24-8-6-16/h3-8,11-12,14,20,25H,9-10,13H2,1-2H3. The van der Waals surface area contributed by atoms with E-state index in [0.717, 1.165) is 35.2 Å². The lowest BCUT2D eigenvalue weighted by molar-refractivity contribution is 0.459. The molecule has 1 N–H and O–H groups in total. The van der Waals surface area contributed by atoms with Crippen molar-refractivity contribution in [1.29, 1.82) is 0 Å². The van der Waals surface area contributed by atoms with Gasteiger partial charge in [0.2, 0.25) is 5.95 Å². The molecule has 0 aliphatic carbocycles. The number of piperazine rings is 1. The van der Waals surface area contributed by atoms with Gasteiger partial charge in [0.1, 0.15) is 5.58 Å². The van der Waals surface area contributed by atoms with Gasteiger partial charge in [-0.2, -0.15) is 0 Å². The van der Waals surface area contributed by atoms with Crippen LogP contribution in [0.4, 0.5) is 5.95 Å². The van der Waals surface area contributed by atoms with Crippen LogP contribution in [0.1, 0.15) is 17.2 Å². The number of hydrogen-bond acceptors (Lipinski definition) is 6. The molecule has 4 heterocycles. The van der Waals surface area contributed by atoms with Crippen LogP contribution in [0, 0.1) is 6.92 Å². The Hall–Kier alpha value is -3.45. The van der Waals surface area contributed by atoms with E-state index < -0.39 is 0 Å². The second kappa shape index (κ2) is 7.42. The summed E-state index contributed by atoms with van der Waals surface area (Å²) in [5.74, 6) is 0.671. The first kappa shape index (κ1) is 18.6. The van der Waals surface area contributed by atoms with E-state index >= 15 is 0 Å². The highest BCUT2D eigenvalue weighted by atomic mass is 16.3. The van der Waals surface area contributed by atoms with Crippen molar-refractivity contribution < 1.29 is 4.42 Å². The van der Waals surface area contributed by atoms with Gasteiger partial charge >= 0.3 is 0 Å². The molecule has 3 aromatic heterocycles. The Bertz CT molecular complexity index is 1260. The van der Waals surface area contributed by atoms with Crippen LogP contribution in [0.3, 0.4) is 0 Å². The highest BCUT2D eigenvalue weighted by molar-refractivity contribution is 5.82. The molecule has 4 aromatic rings.